The molecule has 0 unspecified atom stereocenters. The van der Waals surface area contributed by atoms with Crippen LogP contribution < -0.4 is 5.56 Å². The van der Waals surface area contributed by atoms with Crippen LogP contribution in [0.5, 0.6) is 0 Å². The molecular formula is C11H15BrN2O. The van der Waals surface area contributed by atoms with Crippen molar-refractivity contribution in [1.29, 1.82) is 0 Å². The lowest BCUT2D eigenvalue weighted by molar-refractivity contribution is 0.676. The number of aromatic nitrogens is 2. The molecule has 1 aromatic heterocycles. The van der Waals surface area contributed by atoms with Gasteiger partial charge in [0.1, 0.15) is 10.3 Å². The van der Waals surface area contributed by atoms with E-state index in [0.29, 0.717) is 10.4 Å². The van der Waals surface area contributed by atoms with E-state index >= 15 is 0 Å². The quantitative estimate of drug-likeness (QED) is 0.898. The molecule has 3 nitrogen and oxygen atoms in total. The van der Waals surface area contributed by atoms with Gasteiger partial charge in [-0.25, -0.2) is 4.98 Å². The summed E-state index contributed by atoms with van der Waals surface area (Å²) in [5.41, 5.74) is 0.928. The Morgan fingerprint density at radius 2 is 2.13 bits per heavy atom. The molecule has 0 aliphatic heterocycles. The molecule has 1 N–H and O–H groups in total. The predicted molar refractivity (Wildman–Crippen MR) is 63.1 cm³/mol. The third-order valence-corrected chi connectivity index (χ3v) is 3.78. The molecule has 4 heteroatoms. The largest absolute Gasteiger partial charge is 0.310 e. The van der Waals surface area contributed by atoms with Gasteiger partial charge in [0.25, 0.3) is 5.56 Å². The fourth-order valence-corrected chi connectivity index (χ4v) is 2.67. The topological polar surface area (TPSA) is 45.8 Å². The Balaban J connectivity index is 2.44. The van der Waals surface area contributed by atoms with Crippen molar-refractivity contribution in [3.05, 3.63) is 26.3 Å². The first-order valence-corrected chi connectivity index (χ1v) is 6.30. The summed E-state index contributed by atoms with van der Waals surface area (Å²) >= 11 is 3.35. The number of aryl methyl sites for hydroxylation is 1. The Morgan fingerprint density at radius 1 is 1.47 bits per heavy atom. The van der Waals surface area contributed by atoms with Gasteiger partial charge in [0.2, 0.25) is 0 Å². The molecule has 0 bridgehead atoms. The number of hydrogen-bond donors (Lipinski definition) is 1. The van der Waals surface area contributed by atoms with Gasteiger partial charge in [-0.3, -0.25) is 4.79 Å². The van der Waals surface area contributed by atoms with E-state index < -0.39 is 0 Å². The van der Waals surface area contributed by atoms with Crippen molar-refractivity contribution in [1.82, 2.24) is 9.97 Å². The zero-order valence-corrected chi connectivity index (χ0v) is 10.4. The molecule has 0 radical (unpaired) electrons. The van der Waals surface area contributed by atoms with E-state index in [0.717, 1.165) is 30.8 Å². The lowest BCUT2D eigenvalue weighted by Gasteiger charge is -2.11. The van der Waals surface area contributed by atoms with Crippen LogP contribution in [0, 0.1) is 0 Å². The minimum Gasteiger partial charge on any atom is -0.310 e. The second-order valence-electron chi connectivity index (χ2n) is 4.05. The van der Waals surface area contributed by atoms with Crippen LogP contribution in [-0.2, 0) is 6.42 Å². The molecule has 0 atom stereocenters. The normalized spacial score (nSPS) is 17.2. The first-order valence-electron chi connectivity index (χ1n) is 5.51. The number of rotatable bonds is 2. The molecule has 15 heavy (non-hydrogen) atoms. The summed E-state index contributed by atoms with van der Waals surface area (Å²) in [5.74, 6) is 1.28. The maximum absolute atomic E-state index is 11.6. The Morgan fingerprint density at radius 3 is 2.73 bits per heavy atom. The first kappa shape index (κ1) is 10.9. The number of aromatic amines is 1. The molecule has 82 valence electrons. The molecule has 1 aromatic rings. The first-order chi connectivity index (χ1) is 7.22. The second-order valence-corrected chi connectivity index (χ2v) is 4.84. The van der Waals surface area contributed by atoms with Gasteiger partial charge in [-0.05, 0) is 28.8 Å². The van der Waals surface area contributed by atoms with Crippen LogP contribution in [0.4, 0.5) is 0 Å². The van der Waals surface area contributed by atoms with E-state index in [1.54, 1.807) is 0 Å². The van der Waals surface area contributed by atoms with Crippen molar-refractivity contribution in [3.63, 3.8) is 0 Å². The molecule has 1 aliphatic carbocycles. The molecule has 2 rings (SSSR count). The highest BCUT2D eigenvalue weighted by Crippen LogP contribution is 2.35. The fourth-order valence-electron chi connectivity index (χ4n) is 2.16. The molecule has 0 aromatic carbocycles. The van der Waals surface area contributed by atoms with E-state index in [9.17, 15) is 4.79 Å². The Hall–Kier alpha value is -0.640. The molecule has 0 amide bonds. The third kappa shape index (κ3) is 2.14. The van der Waals surface area contributed by atoms with Crippen molar-refractivity contribution in [3.8, 4) is 0 Å². The Labute approximate surface area is 97.4 Å². The highest BCUT2D eigenvalue weighted by atomic mass is 79.9. The van der Waals surface area contributed by atoms with Gasteiger partial charge in [-0.1, -0.05) is 19.8 Å². The zero-order valence-electron chi connectivity index (χ0n) is 8.85. The van der Waals surface area contributed by atoms with Crippen molar-refractivity contribution in [2.75, 3.05) is 0 Å². The fraction of sp³-hybridized carbons (Fsp3) is 0.636. The van der Waals surface area contributed by atoms with Crippen LogP contribution in [0.2, 0.25) is 0 Å². The van der Waals surface area contributed by atoms with Gasteiger partial charge in [-0.15, -0.1) is 0 Å². The van der Waals surface area contributed by atoms with E-state index in [1.807, 2.05) is 6.92 Å². The number of nitrogens with one attached hydrogen (secondary N) is 1. The average Bonchev–Trinajstić information content (AvgIpc) is 2.75. The number of hydrogen-bond acceptors (Lipinski definition) is 2. The van der Waals surface area contributed by atoms with Crippen LogP contribution in [0.3, 0.4) is 0 Å². The van der Waals surface area contributed by atoms with E-state index in [-0.39, 0.29) is 5.56 Å². The minimum atomic E-state index is -0.0382. The number of nitrogens with zero attached hydrogens (tertiary/aromatic N) is 1. The van der Waals surface area contributed by atoms with Crippen molar-refractivity contribution in [2.45, 2.75) is 44.9 Å². The standard InChI is InChI=1S/C11H15BrN2O/c1-2-8-13-10(7-5-3-4-6-7)9(12)11(15)14-8/h7H,2-6H2,1H3,(H,13,14,15). The second kappa shape index (κ2) is 4.47. The third-order valence-electron chi connectivity index (χ3n) is 3.01. The minimum absolute atomic E-state index is 0.0382. The van der Waals surface area contributed by atoms with Crippen LogP contribution >= 0.6 is 15.9 Å². The molecule has 1 saturated carbocycles. The molecule has 0 saturated heterocycles. The zero-order chi connectivity index (χ0) is 10.8. The monoisotopic (exact) mass is 270 g/mol. The van der Waals surface area contributed by atoms with Gasteiger partial charge in [0.05, 0.1) is 5.69 Å². The average molecular weight is 271 g/mol. The van der Waals surface area contributed by atoms with Gasteiger partial charge >= 0.3 is 0 Å². The van der Waals surface area contributed by atoms with Crippen LogP contribution in [-0.4, -0.2) is 9.97 Å². The summed E-state index contributed by atoms with van der Waals surface area (Å²) in [6.45, 7) is 2.00. The highest BCUT2D eigenvalue weighted by Gasteiger charge is 2.22. The van der Waals surface area contributed by atoms with Crippen molar-refractivity contribution in [2.24, 2.45) is 0 Å². The lowest BCUT2D eigenvalue weighted by atomic mass is 10.0. The smallest absolute Gasteiger partial charge is 0.265 e. The van der Waals surface area contributed by atoms with E-state index in [2.05, 4.69) is 25.9 Å². The molecule has 0 spiro atoms. The van der Waals surface area contributed by atoms with Gasteiger partial charge in [-0.2, -0.15) is 0 Å². The summed E-state index contributed by atoms with van der Waals surface area (Å²) in [6, 6.07) is 0. The van der Waals surface area contributed by atoms with E-state index in [4.69, 9.17) is 0 Å². The lowest BCUT2D eigenvalue weighted by Crippen LogP contribution is -2.16. The maximum Gasteiger partial charge on any atom is 0.265 e. The molecular weight excluding hydrogens is 256 g/mol. The Kier molecular flexibility index (Phi) is 3.24. The van der Waals surface area contributed by atoms with Crippen LogP contribution in [0.1, 0.15) is 50.0 Å². The Bertz CT molecular complexity index is 408. The number of H-pyrrole nitrogens is 1. The summed E-state index contributed by atoms with van der Waals surface area (Å²) < 4.78 is 0.631. The highest BCUT2D eigenvalue weighted by molar-refractivity contribution is 9.10. The van der Waals surface area contributed by atoms with Crippen LogP contribution in [0.25, 0.3) is 0 Å². The van der Waals surface area contributed by atoms with Gasteiger partial charge in [0, 0.05) is 12.3 Å². The molecule has 1 aliphatic rings. The molecule has 1 fully saturated rings. The predicted octanol–water partition coefficient (Wildman–Crippen LogP) is 2.75. The number of halogens is 1. The van der Waals surface area contributed by atoms with Gasteiger partial charge < -0.3 is 4.98 Å². The summed E-state index contributed by atoms with van der Waals surface area (Å²) in [7, 11) is 0. The summed E-state index contributed by atoms with van der Waals surface area (Å²) in [4.78, 5) is 18.9. The SMILES string of the molecule is CCc1nc(C2CCCC2)c(Br)c(=O)[nH]1. The van der Waals surface area contributed by atoms with Crippen LogP contribution in [0.15, 0.2) is 9.27 Å². The maximum atomic E-state index is 11.6. The van der Waals surface area contributed by atoms with Gasteiger partial charge in [0.15, 0.2) is 0 Å². The van der Waals surface area contributed by atoms with E-state index in [1.165, 1.54) is 12.8 Å². The summed E-state index contributed by atoms with van der Waals surface area (Å²) in [6.07, 6.45) is 5.62. The van der Waals surface area contributed by atoms with Crippen molar-refractivity contribution >= 4 is 15.9 Å². The molecule has 1 heterocycles. The van der Waals surface area contributed by atoms with Crippen molar-refractivity contribution < 1.29 is 0 Å². The summed E-state index contributed by atoms with van der Waals surface area (Å²) in [5, 5.41) is 0.